The van der Waals surface area contributed by atoms with Crippen molar-refractivity contribution < 1.29 is 23.8 Å². The van der Waals surface area contributed by atoms with Crippen molar-refractivity contribution in [1.82, 2.24) is 5.32 Å². The zero-order chi connectivity index (χ0) is 24.5. The van der Waals surface area contributed by atoms with Crippen LogP contribution in [0.5, 0.6) is 17.2 Å². The number of benzene rings is 2. The standard InChI is InChI=1S/C23H21ClN4O5S/c1-4-9-33-21-17(24)10-14(11-18(21)32-3)13-25-28-23-27-22(30)19(34-23)12-20(29)26-15-5-7-16(31-2)8-6-15/h1,5-8,10-11,13,19H,9,12H2,2-3H3,(H,26,29)(H,27,28,30)/b25-13+. The minimum Gasteiger partial charge on any atom is -0.497 e. The molecule has 1 aliphatic heterocycles. The van der Waals surface area contributed by atoms with Crippen molar-refractivity contribution in [2.45, 2.75) is 11.7 Å². The maximum atomic E-state index is 12.3. The van der Waals surface area contributed by atoms with E-state index in [1.165, 1.54) is 13.3 Å². The summed E-state index contributed by atoms with van der Waals surface area (Å²) in [7, 11) is 3.04. The van der Waals surface area contributed by atoms with Gasteiger partial charge >= 0.3 is 0 Å². The van der Waals surface area contributed by atoms with E-state index in [4.69, 9.17) is 32.2 Å². The maximum absolute atomic E-state index is 12.3. The first-order chi connectivity index (χ1) is 16.4. The maximum Gasteiger partial charge on any atom is 0.240 e. The molecule has 3 rings (SSSR count). The van der Waals surface area contributed by atoms with Gasteiger partial charge in [0.1, 0.15) is 17.6 Å². The number of rotatable bonds is 9. The van der Waals surface area contributed by atoms with Gasteiger partial charge in [-0.1, -0.05) is 29.3 Å². The highest BCUT2D eigenvalue weighted by atomic mass is 35.5. The molecule has 176 valence electrons. The molecule has 1 saturated heterocycles. The molecule has 9 nitrogen and oxygen atoms in total. The van der Waals surface area contributed by atoms with E-state index in [9.17, 15) is 9.59 Å². The van der Waals surface area contributed by atoms with E-state index < -0.39 is 5.25 Å². The van der Waals surface area contributed by atoms with E-state index in [2.05, 4.69) is 26.8 Å². The van der Waals surface area contributed by atoms with Crippen molar-refractivity contribution in [2.75, 3.05) is 26.1 Å². The molecule has 0 saturated carbocycles. The van der Waals surface area contributed by atoms with Crippen molar-refractivity contribution in [3.05, 3.63) is 47.0 Å². The fourth-order valence-electron chi connectivity index (χ4n) is 2.86. The highest BCUT2D eigenvalue weighted by Crippen LogP contribution is 2.36. The van der Waals surface area contributed by atoms with Gasteiger partial charge in [0.25, 0.3) is 0 Å². The van der Waals surface area contributed by atoms with Gasteiger partial charge in [0.2, 0.25) is 11.8 Å². The first-order valence-corrected chi connectivity index (χ1v) is 11.2. The normalized spacial score (nSPS) is 16.2. The van der Waals surface area contributed by atoms with Crippen molar-refractivity contribution in [1.29, 1.82) is 0 Å². The SMILES string of the molecule is C#CCOc1c(Cl)cc(/C=N/N=C2/NC(=O)C(CC(=O)Nc3ccc(OC)cc3)S2)cc1OC. The molecular formula is C23H21ClN4O5S. The molecule has 1 unspecified atom stereocenters. The highest BCUT2D eigenvalue weighted by Gasteiger charge is 2.32. The number of nitrogens with zero attached hydrogens (tertiary/aromatic N) is 2. The van der Waals surface area contributed by atoms with Crippen LogP contribution in [-0.4, -0.2) is 49.3 Å². The number of amidine groups is 1. The van der Waals surface area contributed by atoms with E-state index in [0.717, 1.165) is 11.8 Å². The smallest absolute Gasteiger partial charge is 0.240 e. The average molecular weight is 501 g/mol. The number of carbonyl (C=O) groups is 2. The topological polar surface area (TPSA) is 111 Å². The third-order valence-electron chi connectivity index (χ3n) is 4.43. The molecule has 1 heterocycles. The van der Waals surface area contributed by atoms with Gasteiger partial charge in [-0.3, -0.25) is 9.59 Å². The van der Waals surface area contributed by atoms with Crippen LogP contribution < -0.4 is 24.8 Å². The van der Waals surface area contributed by atoms with Crippen LogP contribution in [0.2, 0.25) is 5.02 Å². The molecule has 0 radical (unpaired) electrons. The fraction of sp³-hybridized carbons (Fsp3) is 0.217. The lowest BCUT2D eigenvalue weighted by Gasteiger charge is -2.11. The molecule has 1 aliphatic rings. The number of terminal acetylenes is 1. The first-order valence-electron chi connectivity index (χ1n) is 9.89. The second kappa shape index (κ2) is 12.0. The van der Waals surface area contributed by atoms with Crippen molar-refractivity contribution in [3.8, 4) is 29.6 Å². The van der Waals surface area contributed by atoms with Crippen LogP contribution in [0.4, 0.5) is 5.69 Å². The van der Waals surface area contributed by atoms with Gasteiger partial charge in [-0.15, -0.1) is 11.5 Å². The second-order valence-corrected chi connectivity index (χ2v) is 8.35. The van der Waals surface area contributed by atoms with E-state index in [-0.39, 0.29) is 30.0 Å². The quantitative estimate of drug-likeness (QED) is 0.310. The first kappa shape index (κ1) is 25.0. The predicted octanol–water partition coefficient (Wildman–Crippen LogP) is 3.32. The molecule has 0 bridgehead atoms. The summed E-state index contributed by atoms with van der Waals surface area (Å²) < 4.78 is 15.8. The van der Waals surface area contributed by atoms with Crippen LogP contribution in [0.15, 0.2) is 46.6 Å². The molecule has 2 aromatic carbocycles. The summed E-state index contributed by atoms with van der Waals surface area (Å²) in [6.45, 7) is 0.0490. The number of halogens is 1. The number of amides is 2. The van der Waals surface area contributed by atoms with Crippen LogP contribution >= 0.6 is 23.4 Å². The van der Waals surface area contributed by atoms with E-state index in [1.807, 2.05) is 0 Å². The summed E-state index contributed by atoms with van der Waals surface area (Å²) in [6, 6.07) is 10.2. The van der Waals surface area contributed by atoms with Crippen LogP contribution in [0.25, 0.3) is 0 Å². The second-order valence-electron chi connectivity index (χ2n) is 6.75. The number of anilines is 1. The number of hydrogen-bond donors (Lipinski definition) is 2. The lowest BCUT2D eigenvalue weighted by molar-refractivity contribution is -0.122. The molecule has 2 N–H and O–H groups in total. The van der Waals surface area contributed by atoms with E-state index in [1.54, 1.807) is 43.5 Å². The number of ether oxygens (including phenoxy) is 3. The molecule has 0 spiro atoms. The van der Waals surface area contributed by atoms with Gasteiger partial charge < -0.3 is 24.8 Å². The predicted molar refractivity (Wildman–Crippen MR) is 133 cm³/mol. The molecule has 34 heavy (non-hydrogen) atoms. The number of methoxy groups -OCH3 is 2. The summed E-state index contributed by atoms with van der Waals surface area (Å²) in [6.07, 6.45) is 6.64. The highest BCUT2D eigenvalue weighted by molar-refractivity contribution is 8.15. The monoisotopic (exact) mass is 500 g/mol. The Balaban J connectivity index is 1.59. The summed E-state index contributed by atoms with van der Waals surface area (Å²) in [5, 5.41) is 13.3. The zero-order valence-electron chi connectivity index (χ0n) is 18.3. The number of carbonyl (C=O) groups excluding carboxylic acids is 2. The molecule has 2 aromatic rings. The third kappa shape index (κ3) is 6.66. The zero-order valence-corrected chi connectivity index (χ0v) is 19.9. The largest absolute Gasteiger partial charge is 0.497 e. The van der Waals surface area contributed by atoms with Gasteiger partial charge in [0.15, 0.2) is 16.7 Å². The summed E-state index contributed by atoms with van der Waals surface area (Å²) in [5.41, 5.74) is 1.21. The Bertz CT molecular complexity index is 1160. The van der Waals surface area contributed by atoms with Crippen LogP contribution in [0.3, 0.4) is 0 Å². The molecule has 0 aromatic heterocycles. The van der Waals surface area contributed by atoms with Crippen LogP contribution in [0.1, 0.15) is 12.0 Å². The lowest BCUT2D eigenvalue weighted by atomic mass is 10.2. The molecule has 1 atom stereocenters. The minimum absolute atomic E-state index is 0.0167. The molecule has 11 heteroatoms. The Morgan fingerprint density at radius 2 is 2.06 bits per heavy atom. The van der Waals surface area contributed by atoms with Gasteiger partial charge in [0.05, 0.1) is 25.5 Å². The fourth-order valence-corrected chi connectivity index (χ4v) is 4.06. The number of hydrogen-bond acceptors (Lipinski definition) is 8. The Labute approximate surface area is 205 Å². The summed E-state index contributed by atoms with van der Waals surface area (Å²) >= 11 is 7.37. The lowest BCUT2D eigenvalue weighted by Crippen LogP contribution is -2.28. The van der Waals surface area contributed by atoms with Crippen molar-refractivity contribution in [2.24, 2.45) is 10.2 Å². The molecule has 0 aliphatic carbocycles. The van der Waals surface area contributed by atoms with Crippen molar-refractivity contribution in [3.63, 3.8) is 0 Å². The van der Waals surface area contributed by atoms with Gasteiger partial charge in [-0.05, 0) is 36.4 Å². The van der Waals surface area contributed by atoms with Gasteiger partial charge in [-0.25, -0.2) is 0 Å². The van der Waals surface area contributed by atoms with E-state index in [0.29, 0.717) is 33.5 Å². The van der Waals surface area contributed by atoms with Crippen molar-refractivity contribution >= 4 is 52.2 Å². The Hall–Kier alpha value is -3.68. The number of nitrogens with one attached hydrogen (secondary N) is 2. The Kier molecular flexibility index (Phi) is 8.79. The molecule has 1 fully saturated rings. The Morgan fingerprint density at radius 1 is 1.29 bits per heavy atom. The van der Waals surface area contributed by atoms with Gasteiger partial charge in [0, 0.05) is 17.7 Å². The third-order valence-corrected chi connectivity index (χ3v) is 5.78. The van der Waals surface area contributed by atoms with E-state index >= 15 is 0 Å². The molecular weight excluding hydrogens is 480 g/mol. The minimum atomic E-state index is -0.616. The molecule has 2 amide bonds. The summed E-state index contributed by atoms with van der Waals surface area (Å²) in [5.74, 6) is 3.16. The number of thioether (sulfide) groups is 1. The average Bonchev–Trinajstić information content (AvgIpc) is 3.17. The Morgan fingerprint density at radius 3 is 2.74 bits per heavy atom. The van der Waals surface area contributed by atoms with Gasteiger partial charge in [-0.2, -0.15) is 5.10 Å². The van der Waals surface area contributed by atoms with Crippen LogP contribution in [0, 0.1) is 12.3 Å². The summed E-state index contributed by atoms with van der Waals surface area (Å²) in [4.78, 5) is 24.5. The van der Waals surface area contributed by atoms with Crippen LogP contribution in [-0.2, 0) is 9.59 Å².